The van der Waals surface area contributed by atoms with Gasteiger partial charge in [-0.2, -0.15) is 0 Å². The van der Waals surface area contributed by atoms with Crippen LogP contribution in [0.2, 0.25) is 0 Å². The Morgan fingerprint density at radius 2 is 1.76 bits per heavy atom. The van der Waals surface area contributed by atoms with Gasteiger partial charge < -0.3 is 5.32 Å². The molecule has 2 nitrogen and oxygen atoms in total. The number of hydrogen-bond donors (Lipinski definition) is 1. The van der Waals surface area contributed by atoms with Crippen molar-refractivity contribution in [3.05, 3.63) is 0 Å². The average molecular weight is 295 g/mol. The van der Waals surface area contributed by atoms with Gasteiger partial charge in [-0.3, -0.25) is 4.90 Å². The first-order valence-electron chi connectivity index (χ1n) is 9.45. The Kier molecular flexibility index (Phi) is 6.14. The maximum absolute atomic E-state index is 3.95. The Labute approximate surface area is 133 Å². The van der Waals surface area contributed by atoms with Crippen molar-refractivity contribution in [2.24, 2.45) is 17.8 Å². The minimum Gasteiger partial charge on any atom is -0.312 e. The van der Waals surface area contributed by atoms with Crippen LogP contribution < -0.4 is 5.32 Å². The number of rotatable bonds is 6. The molecule has 0 spiro atoms. The lowest BCUT2D eigenvalue weighted by molar-refractivity contribution is 0.0496. The molecule has 0 aromatic rings. The maximum atomic E-state index is 3.95. The lowest BCUT2D eigenvalue weighted by atomic mass is 9.69. The van der Waals surface area contributed by atoms with Crippen molar-refractivity contribution in [2.45, 2.75) is 84.7 Å². The first kappa shape index (κ1) is 17.3. The second kappa shape index (κ2) is 7.46. The Balaban J connectivity index is 2.09. The summed E-state index contributed by atoms with van der Waals surface area (Å²) in [5.74, 6) is 2.67. The van der Waals surface area contributed by atoms with Crippen molar-refractivity contribution < 1.29 is 0 Å². The monoisotopic (exact) mass is 294 g/mol. The Morgan fingerprint density at radius 1 is 1.10 bits per heavy atom. The molecule has 0 bridgehead atoms. The van der Waals surface area contributed by atoms with Gasteiger partial charge in [-0.15, -0.1) is 0 Å². The number of nitrogens with zero attached hydrogens (tertiary/aromatic N) is 1. The van der Waals surface area contributed by atoms with Crippen LogP contribution in [-0.2, 0) is 0 Å². The normalized spacial score (nSPS) is 33.3. The molecule has 1 saturated heterocycles. The first-order chi connectivity index (χ1) is 9.96. The molecule has 2 heteroatoms. The summed E-state index contributed by atoms with van der Waals surface area (Å²) >= 11 is 0. The molecule has 0 aromatic heterocycles. The van der Waals surface area contributed by atoms with E-state index in [0.29, 0.717) is 11.6 Å². The van der Waals surface area contributed by atoms with Gasteiger partial charge in [0.1, 0.15) is 0 Å². The zero-order valence-electron chi connectivity index (χ0n) is 15.1. The molecule has 0 amide bonds. The van der Waals surface area contributed by atoms with Gasteiger partial charge in [0, 0.05) is 11.6 Å². The van der Waals surface area contributed by atoms with Crippen molar-refractivity contribution in [3.8, 4) is 0 Å². The van der Waals surface area contributed by atoms with E-state index in [1.807, 2.05) is 0 Å². The Hall–Kier alpha value is -0.0800. The molecular weight excluding hydrogens is 256 g/mol. The van der Waals surface area contributed by atoms with Crippen LogP contribution in [0.25, 0.3) is 0 Å². The van der Waals surface area contributed by atoms with Crippen LogP contribution in [0.4, 0.5) is 0 Å². The lowest BCUT2D eigenvalue weighted by Crippen LogP contribution is -2.60. The second-order valence-corrected chi connectivity index (χ2v) is 8.31. The van der Waals surface area contributed by atoms with Gasteiger partial charge >= 0.3 is 0 Å². The first-order valence-corrected chi connectivity index (χ1v) is 9.45. The largest absolute Gasteiger partial charge is 0.312 e. The van der Waals surface area contributed by atoms with Gasteiger partial charge in [-0.1, -0.05) is 27.2 Å². The van der Waals surface area contributed by atoms with Crippen molar-refractivity contribution >= 4 is 0 Å². The fraction of sp³-hybridized carbons (Fsp3) is 1.00. The lowest BCUT2D eigenvalue weighted by Gasteiger charge is -2.48. The van der Waals surface area contributed by atoms with E-state index >= 15 is 0 Å². The van der Waals surface area contributed by atoms with Crippen LogP contribution >= 0.6 is 0 Å². The van der Waals surface area contributed by atoms with Gasteiger partial charge in [0.2, 0.25) is 0 Å². The third-order valence-electron chi connectivity index (χ3n) is 6.41. The zero-order valence-corrected chi connectivity index (χ0v) is 15.1. The summed E-state index contributed by atoms with van der Waals surface area (Å²) in [6.07, 6.45) is 8.28. The summed E-state index contributed by atoms with van der Waals surface area (Å²) in [4.78, 5) is 2.75. The molecule has 4 atom stereocenters. The average Bonchev–Trinajstić information content (AvgIpc) is 2.97. The van der Waals surface area contributed by atoms with Gasteiger partial charge in [-0.25, -0.2) is 0 Å². The standard InChI is InChI=1S/C19H38N2/c1-6-11-20-18(17-10-9-15(2)16(3)14-17)19(4,5)21-12-7-8-13-21/h15-18,20H,6-14H2,1-5H3. The van der Waals surface area contributed by atoms with E-state index < -0.39 is 0 Å². The summed E-state index contributed by atoms with van der Waals surface area (Å²) in [5.41, 5.74) is 0.302. The molecule has 2 aliphatic rings. The molecule has 2 rings (SSSR count). The highest BCUT2D eigenvalue weighted by Gasteiger charge is 2.42. The van der Waals surface area contributed by atoms with Crippen LogP contribution in [0.3, 0.4) is 0 Å². The van der Waals surface area contributed by atoms with E-state index in [1.54, 1.807) is 0 Å². The summed E-state index contributed by atoms with van der Waals surface area (Å²) in [6.45, 7) is 16.0. The minimum atomic E-state index is 0.302. The van der Waals surface area contributed by atoms with Crippen LogP contribution in [0, 0.1) is 17.8 Å². The van der Waals surface area contributed by atoms with E-state index in [1.165, 1.54) is 58.2 Å². The highest BCUT2D eigenvalue weighted by molar-refractivity contribution is 5.00. The molecule has 4 unspecified atom stereocenters. The van der Waals surface area contributed by atoms with Crippen LogP contribution in [0.5, 0.6) is 0 Å². The molecule has 1 aliphatic carbocycles. The molecule has 1 saturated carbocycles. The van der Waals surface area contributed by atoms with Crippen molar-refractivity contribution in [3.63, 3.8) is 0 Å². The molecule has 1 aliphatic heterocycles. The van der Waals surface area contributed by atoms with Crippen molar-refractivity contribution in [2.75, 3.05) is 19.6 Å². The van der Waals surface area contributed by atoms with E-state index in [-0.39, 0.29) is 0 Å². The molecule has 1 heterocycles. The van der Waals surface area contributed by atoms with Crippen molar-refractivity contribution in [1.29, 1.82) is 0 Å². The van der Waals surface area contributed by atoms with E-state index in [4.69, 9.17) is 0 Å². The molecule has 0 aromatic carbocycles. The summed E-state index contributed by atoms with van der Waals surface area (Å²) < 4.78 is 0. The molecule has 21 heavy (non-hydrogen) atoms. The third-order valence-corrected chi connectivity index (χ3v) is 6.41. The third kappa shape index (κ3) is 4.01. The summed E-state index contributed by atoms with van der Waals surface area (Å²) in [5, 5.41) is 3.95. The van der Waals surface area contributed by atoms with Crippen LogP contribution in [0.1, 0.15) is 73.1 Å². The number of likely N-dealkylation sites (tertiary alicyclic amines) is 1. The minimum absolute atomic E-state index is 0.302. The maximum Gasteiger partial charge on any atom is 0.0308 e. The topological polar surface area (TPSA) is 15.3 Å². The van der Waals surface area contributed by atoms with Gasteiger partial charge in [-0.05, 0) is 83.3 Å². The Bertz CT molecular complexity index is 307. The molecular formula is C19H38N2. The van der Waals surface area contributed by atoms with E-state index in [0.717, 1.165) is 17.8 Å². The summed E-state index contributed by atoms with van der Waals surface area (Å²) in [7, 11) is 0. The highest BCUT2D eigenvalue weighted by Crippen LogP contribution is 2.39. The van der Waals surface area contributed by atoms with Crippen molar-refractivity contribution in [1.82, 2.24) is 10.2 Å². The zero-order chi connectivity index (χ0) is 15.5. The number of nitrogens with one attached hydrogen (secondary N) is 1. The molecule has 1 N–H and O–H groups in total. The number of hydrogen-bond acceptors (Lipinski definition) is 2. The fourth-order valence-electron chi connectivity index (χ4n) is 4.68. The summed E-state index contributed by atoms with van der Waals surface area (Å²) in [6, 6.07) is 0.658. The van der Waals surface area contributed by atoms with Gasteiger partial charge in [0.25, 0.3) is 0 Å². The smallest absolute Gasteiger partial charge is 0.0308 e. The van der Waals surface area contributed by atoms with Gasteiger partial charge in [0.05, 0.1) is 0 Å². The molecule has 0 radical (unpaired) electrons. The molecule has 2 fully saturated rings. The molecule has 124 valence electrons. The Morgan fingerprint density at radius 3 is 2.33 bits per heavy atom. The quantitative estimate of drug-likeness (QED) is 0.785. The predicted octanol–water partition coefficient (Wildman–Crippen LogP) is 4.30. The van der Waals surface area contributed by atoms with Gasteiger partial charge in [0.15, 0.2) is 0 Å². The van der Waals surface area contributed by atoms with Crippen LogP contribution in [0.15, 0.2) is 0 Å². The van der Waals surface area contributed by atoms with E-state index in [9.17, 15) is 0 Å². The van der Waals surface area contributed by atoms with Crippen LogP contribution in [-0.4, -0.2) is 36.1 Å². The SMILES string of the molecule is CCCNC(C1CCC(C)C(C)C1)C(C)(C)N1CCCC1. The van der Waals surface area contributed by atoms with E-state index in [2.05, 4.69) is 44.8 Å². The highest BCUT2D eigenvalue weighted by atomic mass is 15.2. The second-order valence-electron chi connectivity index (χ2n) is 8.31. The predicted molar refractivity (Wildman–Crippen MR) is 92.6 cm³/mol. The fourth-order valence-corrected chi connectivity index (χ4v) is 4.68.